The minimum atomic E-state index is -4.45. The summed E-state index contributed by atoms with van der Waals surface area (Å²) in [5.74, 6) is 0.353. The van der Waals surface area contributed by atoms with Gasteiger partial charge in [-0.25, -0.2) is 13.4 Å². The standard InChI is InChI=1S/C25H28N6O5S2/c1-4-6-13-27-25-23(17(3)20(16-26)24(29-25)28-14-15-37(32,33)5-2)31-30-21-11-12-22(38(34,35)36)19-10-8-7-9-18(19)21/h5,7-12H,2,4,6,13-15H2,1,3H3,(H2,27,28,29)(H,34,35,36)/b31-30+. The van der Waals surface area contributed by atoms with Gasteiger partial charge in [0.15, 0.2) is 15.7 Å². The number of anilines is 2. The molecule has 0 spiro atoms. The van der Waals surface area contributed by atoms with Gasteiger partial charge < -0.3 is 10.6 Å². The van der Waals surface area contributed by atoms with Crippen LogP contribution in [0, 0.1) is 18.3 Å². The Morgan fingerprint density at radius 1 is 1.05 bits per heavy atom. The quantitative estimate of drug-likeness (QED) is 0.153. The molecule has 0 aliphatic rings. The van der Waals surface area contributed by atoms with E-state index in [0.717, 1.165) is 18.2 Å². The molecule has 11 nitrogen and oxygen atoms in total. The zero-order valence-electron chi connectivity index (χ0n) is 21.0. The van der Waals surface area contributed by atoms with E-state index in [9.17, 15) is 26.7 Å². The summed E-state index contributed by atoms with van der Waals surface area (Å²) in [6.45, 7) is 7.62. The van der Waals surface area contributed by atoms with Crippen LogP contribution in [0.25, 0.3) is 10.8 Å². The monoisotopic (exact) mass is 556 g/mol. The number of pyridine rings is 1. The van der Waals surface area contributed by atoms with Crippen molar-refractivity contribution in [3.05, 3.63) is 59.5 Å². The number of sulfone groups is 1. The molecule has 2 aromatic carbocycles. The molecule has 0 unspecified atom stereocenters. The van der Waals surface area contributed by atoms with Gasteiger partial charge in [0.1, 0.15) is 22.5 Å². The summed E-state index contributed by atoms with van der Waals surface area (Å²) in [6, 6.07) is 11.4. The number of nitriles is 1. The predicted octanol–water partition coefficient (Wildman–Crippen LogP) is 5.26. The van der Waals surface area contributed by atoms with E-state index in [1.54, 1.807) is 31.2 Å². The molecule has 1 aromatic heterocycles. The molecule has 0 atom stereocenters. The molecule has 13 heteroatoms. The van der Waals surface area contributed by atoms with E-state index in [-0.39, 0.29) is 34.0 Å². The van der Waals surface area contributed by atoms with Crippen LogP contribution in [-0.2, 0) is 20.0 Å². The number of hydrogen-bond donors (Lipinski definition) is 3. The molecule has 0 aliphatic heterocycles. The molecule has 3 N–H and O–H groups in total. The highest BCUT2D eigenvalue weighted by molar-refractivity contribution is 7.94. The van der Waals surface area contributed by atoms with Gasteiger partial charge in [-0.2, -0.15) is 13.7 Å². The topological polar surface area (TPSA) is 174 Å². The van der Waals surface area contributed by atoms with Gasteiger partial charge in [-0.15, -0.1) is 10.2 Å². The Morgan fingerprint density at radius 3 is 2.37 bits per heavy atom. The lowest BCUT2D eigenvalue weighted by Crippen LogP contribution is -2.16. The zero-order chi connectivity index (χ0) is 27.9. The Hall–Kier alpha value is -3.86. The molecule has 0 fully saturated rings. The first kappa shape index (κ1) is 28.7. The molecular weight excluding hydrogens is 528 g/mol. The van der Waals surface area contributed by atoms with Gasteiger partial charge in [0, 0.05) is 34.8 Å². The average Bonchev–Trinajstić information content (AvgIpc) is 2.87. The van der Waals surface area contributed by atoms with Gasteiger partial charge in [0.25, 0.3) is 10.1 Å². The molecule has 1 heterocycles. The van der Waals surface area contributed by atoms with Crippen LogP contribution in [0.5, 0.6) is 0 Å². The molecule has 38 heavy (non-hydrogen) atoms. The average molecular weight is 557 g/mol. The number of azo groups is 1. The molecule has 3 aromatic rings. The van der Waals surface area contributed by atoms with Crippen molar-refractivity contribution in [2.24, 2.45) is 10.2 Å². The van der Waals surface area contributed by atoms with Crippen LogP contribution in [0.1, 0.15) is 30.9 Å². The van der Waals surface area contributed by atoms with E-state index < -0.39 is 20.0 Å². The summed E-state index contributed by atoms with van der Waals surface area (Å²) >= 11 is 0. The number of nitrogens with one attached hydrogen (secondary N) is 2. The van der Waals surface area contributed by atoms with Crippen LogP contribution < -0.4 is 10.6 Å². The Kier molecular flexibility index (Phi) is 9.16. The molecule has 0 saturated carbocycles. The normalized spacial score (nSPS) is 11.9. The number of fused-ring (bicyclic) bond motifs is 1. The highest BCUT2D eigenvalue weighted by Crippen LogP contribution is 2.37. The lowest BCUT2D eigenvalue weighted by atomic mass is 10.1. The number of unbranched alkanes of at least 4 members (excludes halogenated alkanes) is 1. The molecule has 0 bridgehead atoms. The van der Waals surface area contributed by atoms with Gasteiger partial charge in [0.05, 0.1) is 17.0 Å². The van der Waals surface area contributed by atoms with E-state index in [2.05, 4.69) is 38.5 Å². The van der Waals surface area contributed by atoms with Crippen LogP contribution in [0.2, 0.25) is 0 Å². The minimum Gasteiger partial charge on any atom is -0.368 e. The SMILES string of the molecule is C=CS(=O)(=O)CCNc1nc(NCCCC)c(/N=N/c2ccc(S(=O)(=O)O)c3ccccc23)c(C)c1C#N. The first-order valence-corrected chi connectivity index (χ1v) is 14.9. The Morgan fingerprint density at radius 2 is 1.74 bits per heavy atom. The minimum absolute atomic E-state index is 0.0246. The molecule has 200 valence electrons. The van der Waals surface area contributed by atoms with Crippen LogP contribution >= 0.6 is 0 Å². The second-order valence-electron chi connectivity index (χ2n) is 8.31. The first-order valence-electron chi connectivity index (χ1n) is 11.7. The Balaban J connectivity index is 2.09. The van der Waals surface area contributed by atoms with Crippen molar-refractivity contribution in [1.29, 1.82) is 5.26 Å². The van der Waals surface area contributed by atoms with Crippen LogP contribution in [-0.4, -0.2) is 45.2 Å². The van der Waals surface area contributed by atoms with Gasteiger partial charge in [-0.05, 0) is 25.5 Å². The maximum atomic E-state index is 11.8. The van der Waals surface area contributed by atoms with Crippen molar-refractivity contribution >= 4 is 53.7 Å². The van der Waals surface area contributed by atoms with Gasteiger partial charge in [-0.3, -0.25) is 4.55 Å². The Labute approximate surface area is 222 Å². The second kappa shape index (κ2) is 12.1. The van der Waals surface area contributed by atoms with E-state index >= 15 is 0 Å². The first-order chi connectivity index (χ1) is 18.0. The van der Waals surface area contributed by atoms with E-state index in [0.29, 0.717) is 34.7 Å². The third-order valence-electron chi connectivity index (χ3n) is 5.68. The van der Waals surface area contributed by atoms with Crippen molar-refractivity contribution in [3.63, 3.8) is 0 Å². The molecule has 0 aliphatic carbocycles. The van der Waals surface area contributed by atoms with Gasteiger partial charge in [0.2, 0.25) is 0 Å². The number of hydrogen-bond acceptors (Lipinski definition) is 10. The lowest BCUT2D eigenvalue weighted by Gasteiger charge is -2.15. The van der Waals surface area contributed by atoms with Crippen LogP contribution in [0.3, 0.4) is 0 Å². The predicted molar refractivity (Wildman–Crippen MR) is 147 cm³/mol. The fourth-order valence-electron chi connectivity index (χ4n) is 3.65. The van der Waals surface area contributed by atoms with Crippen LogP contribution in [0.4, 0.5) is 23.0 Å². The van der Waals surface area contributed by atoms with E-state index in [1.165, 1.54) is 12.1 Å². The zero-order valence-corrected chi connectivity index (χ0v) is 22.6. The highest BCUT2D eigenvalue weighted by atomic mass is 32.2. The largest absolute Gasteiger partial charge is 0.368 e. The third kappa shape index (κ3) is 6.71. The van der Waals surface area contributed by atoms with E-state index in [1.807, 2.05) is 6.92 Å². The van der Waals surface area contributed by atoms with Crippen molar-refractivity contribution < 1.29 is 21.4 Å². The lowest BCUT2D eigenvalue weighted by molar-refractivity contribution is 0.484. The smallest absolute Gasteiger partial charge is 0.295 e. The summed E-state index contributed by atoms with van der Waals surface area (Å²) in [4.78, 5) is 4.27. The summed E-state index contributed by atoms with van der Waals surface area (Å²) in [7, 11) is -7.89. The maximum absolute atomic E-state index is 11.8. The highest BCUT2D eigenvalue weighted by Gasteiger charge is 2.19. The fourth-order valence-corrected chi connectivity index (χ4v) is 4.90. The Bertz CT molecular complexity index is 1640. The number of rotatable bonds is 12. The van der Waals surface area contributed by atoms with E-state index in [4.69, 9.17) is 0 Å². The molecule has 3 rings (SSSR count). The van der Waals surface area contributed by atoms with Crippen molar-refractivity contribution in [2.75, 3.05) is 29.5 Å². The third-order valence-corrected chi connectivity index (χ3v) is 7.87. The van der Waals surface area contributed by atoms with Gasteiger partial charge in [-0.1, -0.05) is 44.2 Å². The maximum Gasteiger partial charge on any atom is 0.295 e. The molecule has 0 radical (unpaired) electrons. The number of nitrogens with zero attached hydrogens (tertiary/aromatic N) is 4. The molecule has 0 saturated heterocycles. The van der Waals surface area contributed by atoms with Gasteiger partial charge >= 0.3 is 0 Å². The summed E-state index contributed by atoms with van der Waals surface area (Å²) in [5, 5.41) is 26.3. The van der Waals surface area contributed by atoms with Crippen molar-refractivity contribution in [2.45, 2.75) is 31.6 Å². The fraction of sp³-hybridized carbons (Fsp3) is 0.280. The summed E-state index contributed by atoms with van der Waals surface area (Å²) < 4.78 is 56.7. The second-order valence-corrected chi connectivity index (χ2v) is 11.8. The van der Waals surface area contributed by atoms with Crippen LogP contribution in [0.15, 0.2) is 63.5 Å². The van der Waals surface area contributed by atoms with Crippen molar-refractivity contribution in [3.8, 4) is 6.07 Å². The number of aromatic nitrogens is 1. The summed E-state index contributed by atoms with van der Waals surface area (Å²) in [5.41, 5.74) is 1.31. The summed E-state index contributed by atoms with van der Waals surface area (Å²) in [6.07, 6.45) is 1.77. The number of benzene rings is 2. The molecule has 0 amide bonds. The molecular formula is C25H28N6O5S2. The van der Waals surface area contributed by atoms with Crippen molar-refractivity contribution in [1.82, 2.24) is 4.98 Å².